The monoisotopic (exact) mass is 453 g/mol. The molecule has 0 aromatic heterocycles. The van der Waals surface area contributed by atoms with Crippen molar-refractivity contribution in [2.24, 2.45) is 5.41 Å². The molecular formula is C27H36FN3O2. The second-order valence-corrected chi connectivity index (χ2v) is 10.4. The number of hydrogen-bond acceptors (Lipinski definition) is 5. The van der Waals surface area contributed by atoms with E-state index < -0.39 is 0 Å². The second kappa shape index (κ2) is 9.72. The van der Waals surface area contributed by atoms with E-state index in [0.717, 1.165) is 50.4 Å². The maximum absolute atomic E-state index is 13.7. The number of piperazine rings is 1. The molecule has 0 saturated carbocycles. The lowest BCUT2D eigenvalue weighted by Gasteiger charge is -2.44. The summed E-state index contributed by atoms with van der Waals surface area (Å²) in [5, 5.41) is 3.69. The number of fused-ring (bicyclic) bond motifs is 1. The van der Waals surface area contributed by atoms with Crippen LogP contribution >= 0.6 is 0 Å². The summed E-state index contributed by atoms with van der Waals surface area (Å²) in [4.78, 5) is 18.2. The standard InChI is InChI=1S/C27H36FN3O2/c1-27(2,3)18-24(32)26(22-11-9-19-7-5-6-8-21(19)29-22)31-15-13-30(14-16-31)23-12-10-20(28)17-25(23)33-4/h5-8,10,12,17,22,26,29H,9,11,13-16,18H2,1-4H3. The van der Waals surface area contributed by atoms with E-state index in [-0.39, 0.29) is 23.3 Å². The zero-order valence-corrected chi connectivity index (χ0v) is 20.2. The van der Waals surface area contributed by atoms with Crippen molar-refractivity contribution in [1.29, 1.82) is 0 Å². The van der Waals surface area contributed by atoms with Crippen LogP contribution in [0, 0.1) is 11.2 Å². The fourth-order valence-electron chi connectivity index (χ4n) is 5.16. The molecule has 1 N–H and O–H groups in total. The molecule has 2 aliphatic rings. The van der Waals surface area contributed by atoms with Crippen LogP contribution in [0.1, 0.15) is 39.2 Å². The molecule has 2 aromatic carbocycles. The first-order valence-electron chi connectivity index (χ1n) is 11.9. The highest BCUT2D eigenvalue weighted by atomic mass is 19.1. The average Bonchev–Trinajstić information content (AvgIpc) is 2.78. The van der Waals surface area contributed by atoms with Crippen LogP contribution in [0.25, 0.3) is 0 Å². The van der Waals surface area contributed by atoms with Gasteiger partial charge < -0.3 is 15.0 Å². The molecule has 2 aliphatic heterocycles. The number of para-hydroxylation sites is 1. The highest BCUT2D eigenvalue weighted by Gasteiger charge is 2.38. The van der Waals surface area contributed by atoms with Crippen molar-refractivity contribution in [2.45, 2.75) is 52.1 Å². The molecule has 178 valence electrons. The number of rotatable bonds is 6. The summed E-state index contributed by atoms with van der Waals surface area (Å²) in [5.41, 5.74) is 3.33. The number of carbonyl (C=O) groups is 1. The normalized spacial score (nSPS) is 20.0. The van der Waals surface area contributed by atoms with E-state index in [1.54, 1.807) is 13.2 Å². The SMILES string of the molecule is COc1cc(F)ccc1N1CCN(C(C(=O)CC(C)(C)C)C2CCc3ccccc3N2)CC1. The number of ketones is 1. The molecule has 0 radical (unpaired) electrons. The number of ether oxygens (including phenoxy) is 1. The van der Waals surface area contributed by atoms with E-state index in [4.69, 9.17) is 4.74 Å². The quantitative estimate of drug-likeness (QED) is 0.683. The zero-order chi connectivity index (χ0) is 23.6. The molecule has 2 atom stereocenters. The van der Waals surface area contributed by atoms with Crippen LogP contribution in [0.4, 0.5) is 15.8 Å². The number of nitrogens with zero attached hydrogens (tertiary/aromatic N) is 2. The van der Waals surface area contributed by atoms with Gasteiger partial charge in [0.2, 0.25) is 0 Å². The third-order valence-electron chi connectivity index (χ3n) is 6.69. The van der Waals surface area contributed by atoms with Gasteiger partial charge in [-0.1, -0.05) is 39.0 Å². The smallest absolute Gasteiger partial charge is 0.152 e. The topological polar surface area (TPSA) is 44.8 Å². The van der Waals surface area contributed by atoms with Crippen LogP contribution < -0.4 is 15.0 Å². The summed E-state index contributed by atoms with van der Waals surface area (Å²) in [6, 6.07) is 13.0. The van der Waals surface area contributed by atoms with Crippen molar-refractivity contribution in [3.8, 4) is 5.75 Å². The van der Waals surface area contributed by atoms with E-state index in [1.807, 2.05) is 0 Å². The Balaban J connectivity index is 1.52. The molecule has 33 heavy (non-hydrogen) atoms. The molecule has 2 unspecified atom stereocenters. The van der Waals surface area contributed by atoms with Crippen molar-refractivity contribution in [2.75, 3.05) is 43.5 Å². The predicted octanol–water partition coefficient (Wildman–Crippen LogP) is 4.76. The molecule has 6 heteroatoms. The largest absolute Gasteiger partial charge is 0.494 e. The predicted molar refractivity (Wildman–Crippen MR) is 132 cm³/mol. The van der Waals surface area contributed by atoms with E-state index in [2.05, 4.69) is 60.2 Å². The van der Waals surface area contributed by atoms with Gasteiger partial charge in [-0.2, -0.15) is 0 Å². The minimum atomic E-state index is -0.300. The maximum atomic E-state index is 13.7. The van der Waals surface area contributed by atoms with Crippen LogP contribution in [0.15, 0.2) is 42.5 Å². The summed E-state index contributed by atoms with van der Waals surface area (Å²) in [7, 11) is 1.57. The number of halogens is 1. The van der Waals surface area contributed by atoms with Gasteiger partial charge >= 0.3 is 0 Å². The van der Waals surface area contributed by atoms with Crippen LogP contribution in [0.2, 0.25) is 0 Å². The molecule has 2 aromatic rings. The molecule has 4 rings (SSSR count). The summed E-state index contributed by atoms with van der Waals surface area (Å²) >= 11 is 0. The Morgan fingerprint density at radius 3 is 2.58 bits per heavy atom. The first-order valence-corrected chi connectivity index (χ1v) is 11.9. The van der Waals surface area contributed by atoms with Gasteiger partial charge in [0, 0.05) is 50.4 Å². The molecule has 0 aliphatic carbocycles. The van der Waals surface area contributed by atoms with Gasteiger partial charge in [0.15, 0.2) is 5.78 Å². The number of carbonyl (C=O) groups excluding carboxylic acids is 1. The number of Topliss-reactive ketones (excluding diaryl/α,β-unsaturated/α-hetero) is 1. The summed E-state index contributed by atoms with van der Waals surface area (Å²) in [5.74, 6) is 0.562. The summed E-state index contributed by atoms with van der Waals surface area (Å²) < 4.78 is 19.1. The minimum Gasteiger partial charge on any atom is -0.494 e. The Labute approximate surface area is 196 Å². The molecule has 0 bridgehead atoms. The number of aryl methyl sites for hydroxylation is 1. The van der Waals surface area contributed by atoms with Gasteiger partial charge in [0.1, 0.15) is 11.6 Å². The summed E-state index contributed by atoms with van der Waals surface area (Å²) in [6.45, 7) is 9.48. The molecule has 0 amide bonds. The number of methoxy groups -OCH3 is 1. The van der Waals surface area contributed by atoms with E-state index in [0.29, 0.717) is 18.0 Å². The highest BCUT2D eigenvalue weighted by molar-refractivity contribution is 5.86. The molecule has 2 heterocycles. The van der Waals surface area contributed by atoms with Crippen molar-refractivity contribution in [3.05, 3.63) is 53.8 Å². The van der Waals surface area contributed by atoms with Gasteiger partial charge in [0.25, 0.3) is 0 Å². The fraction of sp³-hybridized carbons (Fsp3) is 0.519. The van der Waals surface area contributed by atoms with Crippen molar-refractivity contribution in [3.63, 3.8) is 0 Å². The lowest BCUT2D eigenvalue weighted by Crippen LogP contribution is -2.59. The Morgan fingerprint density at radius 1 is 1.15 bits per heavy atom. The molecule has 5 nitrogen and oxygen atoms in total. The molecule has 0 spiro atoms. The lowest BCUT2D eigenvalue weighted by atomic mass is 9.83. The van der Waals surface area contributed by atoms with Gasteiger partial charge in [-0.25, -0.2) is 4.39 Å². The van der Waals surface area contributed by atoms with Crippen LogP contribution in [-0.2, 0) is 11.2 Å². The van der Waals surface area contributed by atoms with E-state index >= 15 is 0 Å². The zero-order valence-electron chi connectivity index (χ0n) is 20.2. The third-order valence-corrected chi connectivity index (χ3v) is 6.69. The fourth-order valence-corrected chi connectivity index (χ4v) is 5.16. The summed E-state index contributed by atoms with van der Waals surface area (Å²) in [6.07, 6.45) is 2.49. The number of nitrogens with one attached hydrogen (secondary N) is 1. The third kappa shape index (κ3) is 5.49. The number of benzene rings is 2. The van der Waals surface area contributed by atoms with Crippen LogP contribution in [0.3, 0.4) is 0 Å². The number of anilines is 2. The van der Waals surface area contributed by atoms with E-state index in [1.165, 1.54) is 17.7 Å². The van der Waals surface area contributed by atoms with Gasteiger partial charge in [0.05, 0.1) is 18.8 Å². The number of hydrogen-bond donors (Lipinski definition) is 1. The van der Waals surface area contributed by atoms with Crippen LogP contribution in [0.5, 0.6) is 5.75 Å². The van der Waals surface area contributed by atoms with Crippen molar-refractivity contribution >= 4 is 17.2 Å². The molecule has 1 saturated heterocycles. The highest BCUT2D eigenvalue weighted by Crippen LogP contribution is 2.33. The average molecular weight is 454 g/mol. The Hall–Kier alpha value is -2.60. The molecule has 1 fully saturated rings. The van der Waals surface area contributed by atoms with Gasteiger partial charge in [-0.05, 0) is 42.0 Å². The molecular weight excluding hydrogens is 417 g/mol. The first-order chi connectivity index (χ1) is 15.7. The van der Waals surface area contributed by atoms with Gasteiger partial charge in [-0.3, -0.25) is 9.69 Å². The Morgan fingerprint density at radius 2 is 1.88 bits per heavy atom. The van der Waals surface area contributed by atoms with Gasteiger partial charge in [-0.15, -0.1) is 0 Å². The van der Waals surface area contributed by atoms with E-state index in [9.17, 15) is 9.18 Å². The second-order valence-electron chi connectivity index (χ2n) is 10.4. The van der Waals surface area contributed by atoms with Crippen LogP contribution in [-0.4, -0.2) is 56.1 Å². The maximum Gasteiger partial charge on any atom is 0.152 e. The van der Waals surface area contributed by atoms with Crippen molar-refractivity contribution in [1.82, 2.24) is 4.90 Å². The Bertz CT molecular complexity index is 980. The first kappa shape index (κ1) is 23.6. The minimum absolute atomic E-state index is 0.0504. The lowest BCUT2D eigenvalue weighted by molar-refractivity contribution is -0.126. The Kier molecular flexibility index (Phi) is 6.94. The van der Waals surface area contributed by atoms with Crippen molar-refractivity contribution < 1.29 is 13.9 Å².